The van der Waals surface area contributed by atoms with Crippen LogP contribution in [0.25, 0.3) is 0 Å². The molecule has 0 aliphatic heterocycles. The lowest BCUT2D eigenvalue weighted by Gasteiger charge is -2.28. The van der Waals surface area contributed by atoms with Gasteiger partial charge in [0.1, 0.15) is 0 Å². The molecule has 0 bridgehead atoms. The maximum absolute atomic E-state index is 10.7. The van der Waals surface area contributed by atoms with E-state index in [-0.39, 0.29) is 0 Å². The molecule has 0 atom stereocenters. The molecular formula is C10H24F3NO6SSi. The fourth-order valence-corrected chi connectivity index (χ4v) is 3.96. The van der Waals surface area contributed by atoms with E-state index in [2.05, 4.69) is 0 Å². The van der Waals surface area contributed by atoms with E-state index in [1.165, 1.54) is 0 Å². The van der Waals surface area contributed by atoms with Crippen LogP contribution >= 0.6 is 0 Å². The monoisotopic (exact) mass is 371 g/mol. The predicted molar refractivity (Wildman–Crippen MR) is 76.7 cm³/mol. The minimum atomic E-state index is -5.84. The third-order valence-corrected chi connectivity index (χ3v) is 5.81. The average Bonchev–Trinajstić information content (AvgIpc) is 2.36. The van der Waals surface area contributed by atoms with E-state index >= 15 is 0 Å². The molecule has 0 aromatic heterocycles. The molecular weight excluding hydrogens is 347 g/mol. The van der Waals surface area contributed by atoms with Gasteiger partial charge < -0.3 is 19.0 Å². The van der Waals surface area contributed by atoms with E-state index < -0.39 is 24.4 Å². The molecule has 0 heterocycles. The quantitative estimate of drug-likeness (QED) is 0.361. The van der Waals surface area contributed by atoms with Gasteiger partial charge in [-0.05, 0) is 33.7 Å². The highest BCUT2D eigenvalue weighted by molar-refractivity contribution is 7.86. The van der Waals surface area contributed by atoms with Crippen molar-refractivity contribution in [3.63, 3.8) is 0 Å². The summed E-state index contributed by atoms with van der Waals surface area (Å²) in [7, 11) is -8.24. The molecule has 0 saturated carbocycles. The number of hydrogen-bond acceptors (Lipinski definition) is 6. The minimum absolute atomic E-state index is 0.636. The topological polar surface area (TPSA) is 108 Å². The molecule has 12 heteroatoms. The number of rotatable bonds is 9. The van der Waals surface area contributed by atoms with Crippen molar-refractivity contribution < 1.29 is 39.4 Å². The van der Waals surface area contributed by atoms with Gasteiger partial charge in [-0.3, -0.25) is 4.55 Å². The molecule has 7 nitrogen and oxygen atoms in total. The smallest absolute Gasteiger partial charge is 0.374 e. The lowest BCUT2D eigenvalue weighted by molar-refractivity contribution is -0.0510. The van der Waals surface area contributed by atoms with Crippen LogP contribution in [-0.2, 0) is 23.4 Å². The second kappa shape index (κ2) is 11.3. The van der Waals surface area contributed by atoms with Crippen LogP contribution in [0.4, 0.5) is 13.2 Å². The SMILES string of the molecule is CCO[Si](CCCN)(OCC)OCC.O=S(=O)(O)C(F)(F)F. The zero-order chi connectivity index (χ0) is 17.9. The van der Waals surface area contributed by atoms with Crippen molar-refractivity contribution in [2.45, 2.75) is 38.7 Å². The van der Waals surface area contributed by atoms with Crippen molar-refractivity contribution in [2.24, 2.45) is 5.73 Å². The molecule has 0 spiro atoms. The van der Waals surface area contributed by atoms with E-state index in [4.69, 9.17) is 32.0 Å². The van der Waals surface area contributed by atoms with E-state index in [1.54, 1.807) is 0 Å². The van der Waals surface area contributed by atoms with Crippen LogP contribution in [0.2, 0.25) is 6.04 Å². The Hall–Kier alpha value is -0.243. The Labute approximate surface area is 130 Å². The van der Waals surface area contributed by atoms with Crippen LogP contribution in [0.1, 0.15) is 27.2 Å². The molecule has 136 valence electrons. The van der Waals surface area contributed by atoms with Crippen LogP contribution in [-0.4, -0.2) is 53.6 Å². The van der Waals surface area contributed by atoms with Gasteiger partial charge in [0.2, 0.25) is 0 Å². The standard InChI is InChI=1S/C9H23NO3Si.CHF3O3S/c1-4-11-14(12-5-2,13-6-3)9-7-8-10;2-1(3,4)8(5,6)7/h4-10H2,1-3H3;(H,5,6,7). The molecule has 3 N–H and O–H groups in total. The van der Waals surface area contributed by atoms with E-state index in [1.807, 2.05) is 20.8 Å². The van der Waals surface area contributed by atoms with E-state index in [0.717, 1.165) is 12.5 Å². The summed E-state index contributed by atoms with van der Waals surface area (Å²) in [6.45, 7) is 8.44. The minimum Gasteiger partial charge on any atom is -0.374 e. The van der Waals surface area contributed by atoms with Crippen molar-refractivity contribution in [1.29, 1.82) is 0 Å². The molecule has 0 aromatic rings. The summed E-state index contributed by atoms with van der Waals surface area (Å²) in [6.07, 6.45) is 0.895. The fraction of sp³-hybridized carbons (Fsp3) is 1.00. The molecule has 0 saturated heterocycles. The summed E-state index contributed by atoms with van der Waals surface area (Å²) in [5.74, 6) is 0. The number of hydrogen-bond donors (Lipinski definition) is 2. The Kier molecular flexibility index (Phi) is 12.4. The van der Waals surface area contributed by atoms with Gasteiger partial charge in [0.05, 0.1) is 0 Å². The first-order valence-electron chi connectivity index (χ1n) is 6.65. The summed E-state index contributed by atoms with van der Waals surface area (Å²) in [5.41, 5.74) is -0.0550. The highest BCUT2D eigenvalue weighted by atomic mass is 32.2. The van der Waals surface area contributed by atoms with Crippen molar-refractivity contribution in [3.8, 4) is 0 Å². The molecule has 0 radical (unpaired) electrons. The zero-order valence-corrected chi connectivity index (χ0v) is 14.7. The van der Waals surface area contributed by atoms with Crippen LogP contribution < -0.4 is 5.73 Å². The van der Waals surface area contributed by atoms with Crippen molar-refractivity contribution in [3.05, 3.63) is 0 Å². The van der Waals surface area contributed by atoms with Gasteiger partial charge in [0.25, 0.3) is 0 Å². The summed E-state index contributed by atoms with van der Waals surface area (Å²) in [6, 6.07) is 0.818. The Morgan fingerprint density at radius 3 is 1.55 bits per heavy atom. The second-order valence-corrected chi connectivity index (χ2v) is 7.94. The van der Waals surface area contributed by atoms with Crippen LogP contribution in [0.5, 0.6) is 0 Å². The number of nitrogens with two attached hydrogens (primary N) is 1. The molecule has 0 rings (SSSR count). The lowest BCUT2D eigenvalue weighted by Crippen LogP contribution is -2.46. The van der Waals surface area contributed by atoms with Gasteiger partial charge in [-0.15, -0.1) is 0 Å². The number of alkyl halides is 3. The van der Waals surface area contributed by atoms with Gasteiger partial charge >= 0.3 is 24.4 Å². The first-order chi connectivity index (χ1) is 9.99. The first-order valence-corrected chi connectivity index (χ1v) is 10.0. The number of halogens is 3. The Morgan fingerprint density at radius 2 is 1.36 bits per heavy atom. The summed E-state index contributed by atoms with van der Waals surface area (Å²) in [4.78, 5) is 0. The largest absolute Gasteiger partial charge is 0.522 e. The zero-order valence-electron chi connectivity index (χ0n) is 12.9. The van der Waals surface area contributed by atoms with Crippen molar-refractivity contribution in [1.82, 2.24) is 0 Å². The van der Waals surface area contributed by atoms with E-state index in [9.17, 15) is 13.2 Å². The molecule has 0 amide bonds. The molecule has 0 unspecified atom stereocenters. The normalized spacial score (nSPS) is 12.7. The molecule has 0 aliphatic carbocycles. The Balaban J connectivity index is 0. The maximum Gasteiger partial charge on any atom is 0.522 e. The Bertz CT molecular complexity index is 362. The predicted octanol–water partition coefficient (Wildman–Crippen LogP) is 1.78. The fourth-order valence-electron chi connectivity index (χ4n) is 1.32. The average molecular weight is 371 g/mol. The highest BCUT2D eigenvalue weighted by Crippen LogP contribution is 2.20. The lowest BCUT2D eigenvalue weighted by atomic mass is 10.5. The molecule has 22 heavy (non-hydrogen) atoms. The van der Waals surface area contributed by atoms with Gasteiger partial charge in [0, 0.05) is 25.9 Å². The second-order valence-electron chi connectivity index (χ2n) is 3.80. The van der Waals surface area contributed by atoms with Gasteiger partial charge in [0.15, 0.2) is 0 Å². The van der Waals surface area contributed by atoms with Crippen LogP contribution in [0.15, 0.2) is 0 Å². The maximum atomic E-state index is 10.7. The van der Waals surface area contributed by atoms with Crippen LogP contribution in [0, 0.1) is 0 Å². The summed E-state index contributed by atoms with van der Waals surface area (Å²) in [5, 5.41) is 0. The summed E-state index contributed by atoms with van der Waals surface area (Å²) >= 11 is 0. The third-order valence-electron chi connectivity index (χ3n) is 2.07. The van der Waals surface area contributed by atoms with Gasteiger partial charge in [-0.1, -0.05) is 0 Å². The van der Waals surface area contributed by atoms with Gasteiger partial charge in [-0.25, -0.2) is 0 Å². The Morgan fingerprint density at radius 1 is 1.05 bits per heavy atom. The molecule has 0 aliphatic rings. The van der Waals surface area contributed by atoms with Crippen LogP contribution in [0.3, 0.4) is 0 Å². The van der Waals surface area contributed by atoms with Crippen molar-refractivity contribution in [2.75, 3.05) is 26.4 Å². The van der Waals surface area contributed by atoms with Crippen molar-refractivity contribution >= 4 is 18.9 Å². The third kappa shape index (κ3) is 10.5. The molecule has 0 aromatic carbocycles. The highest BCUT2D eigenvalue weighted by Gasteiger charge is 2.44. The first kappa shape index (κ1) is 24.0. The molecule has 0 fully saturated rings. The van der Waals surface area contributed by atoms with E-state index in [0.29, 0.717) is 26.4 Å². The summed E-state index contributed by atoms with van der Waals surface area (Å²) < 4.78 is 74.5. The van der Waals surface area contributed by atoms with Gasteiger partial charge in [-0.2, -0.15) is 21.6 Å².